The Bertz CT molecular complexity index is 1380. The Morgan fingerprint density at radius 3 is 2.43 bits per heavy atom. The van der Waals surface area contributed by atoms with Crippen LogP contribution in [0.2, 0.25) is 5.02 Å². The van der Waals surface area contributed by atoms with E-state index >= 15 is 0 Å². The number of ether oxygens (including phenoxy) is 1. The van der Waals surface area contributed by atoms with Crippen molar-refractivity contribution < 1.29 is 24.0 Å². The van der Waals surface area contributed by atoms with E-state index in [4.69, 9.17) is 16.3 Å². The highest BCUT2D eigenvalue weighted by molar-refractivity contribution is 9.10. The van der Waals surface area contributed by atoms with Crippen LogP contribution < -0.4 is 4.74 Å². The number of hydrogen-bond donors (Lipinski definition) is 0. The molecule has 0 unspecified atom stereocenters. The van der Waals surface area contributed by atoms with Crippen LogP contribution in [0.25, 0.3) is 6.08 Å². The second-order valence-corrected chi connectivity index (χ2v) is 9.62. The van der Waals surface area contributed by atoms with Gasteiger partial charge in [-0.1, -0.05) is 39.7 Å². The summed E-state index contributed by atoms with van der Waals surface area (Å²) < 4.78 is 6.21. The zero-order valence-electron chi connectivity index (χ0n) is 17.6. The van der Waals surface area contributed by atoms with Gasteiger partial charge in [-0.05, 0) is 65.9 Å². The number of thioether (sulfide) groups is 1. The van der Waals surface area contributed by atoms with E-state index in [2.05, 4.69) is 15.9 Å². The standard InChI is InChI=1S/C24H14BrClN2O6S/c25-17-5-10-20(34-23(30)15-3-6-18(26)7-4-15)16(11-17)12-21-22(29)27(24(31)35-21)13-14-1-8-19(9-2-14)28(32)33/h1-12H,13H2/b21-12-. The van der Waals surface area contributed by atoms with Gasteiger partial charge in [-0.3, -0.25) is 24.6 Å². The maximum Gasteiger partial charge on any atom is 0.343 e. The Labute approximate surface area is 216 Å². The fraction of sp³-hybridized carbons (Fsp3) is 0.0417. The molecule has 35 heavy (non-hydrogen) atoms. The summed E-state index contributed by atoms with van der Waals surface area (Å²) in [6, 6.07) is 16.7. The molecule has 8 nitrogen and oxygen atoms in total. The summed E-state index contributed by atoms with van der Waals surface area (Å²) in [7, 11) is 0. The van der Waals surface area contributed by atoms with Gasteiger partial charge < -0.3 is 4.74 Å². The van der Waals surface area contributed by atoms with Gasteiger partial charge in [-0.2, -0.15) is 0 Å². The number of halogens is 2. The lowest BCUT2D eigenvalue weighted by molar-refractivity contribution is -0.384. The quantitative estimate of drug-likeness (QED) is 0.109. The molecule has 3 aromatic carbocycles. The predicted molar refractivity (Wildman–Crippen MR) is 135 cm³/mol. The van der Waals surface area contributed by atoms with Gasteiger partial charge in [0.15, 0.2) is 0 Å². The molecule has 1 aliphatic heterocycles. The average molecular weight is 574 g/mol. The zero-order valence-corrected chi connectivity index (χ0v) is 20.8. The molecule has 1 heterocycles. The lowest BCUT2D eigenvalue weighted by Gasteiger charge is -2.12. The van der Waals surface area contributed by atoms with E-state index in [9.17, 15) is 24.5 Å². The SMILES string of the molecule is O=C(Oc1ccc(Br)cc1/C=C1\SC(=O)N(Cc2ccc([N+](=O)[O-])cc2)C1=O)c1ccc(Cl)cc1. The number of carbonyl (C=O) groups excluding carboxylic acids is 3. The van der Waals surface area contributed by atoms with E-state index in [1.165, 1.54) is 42.5 Å². The number of non-ortho nitro benzene ring substituents is 1. The molecule has 3 aromatic rings. The minimum absolute atomic E-state index is 0.0309. The van der Waals surface area contributed by atoms with Crippen molar-refractivity contribution in [3.05, 3.63) is 108 Å². The van der Waals surface area contributed by atoms with Gasteiger partial charge >= 0.3 is 5.97 Å². The first-order valence-electron chi connectivity index (χ1n) is 9.97. The Morgan fingerprint density at radius 1 is 1.09 bits per heavy atom. The smallest absolute Gasteiger partial charge is 0.343 e. The van der Waals surface area contributed by atoms with Crippen molar-refractivity contribution in [1.29, 1.82) is 0 Å². The second kappa shape index (κ2) is 10.4. The van der Waals surface area contributed by atoms with Crippen molar-refractivity contribution in [1.82, 2.24) is 4.90 Å². The summed E-state index contributed by atoms with van der Waals surface area (Å²) in [6.07, 6.45) is 1.48. The molecular formula is C24H14BrClN2O6S. The highest BCUT2D eigenvalue weighted by Gasteiger charge is 2.35. The molecule has 0 radical (unpaired) electrons. The summed E-state index contributed by atoms with van der Waals surface area (Å²) in [5.41, 5.74) is 1.20. The number of imide groups is 1. The van der Waals surface area contributed by atoms with Gasteiger partial charge in [-0.25, -0.2) is 4.79 Å². The van der Waals surface area contributed by atoms with Crippen molar-refractivity contribution in [2.75, 3.05) is 0 Å². The maximum absolute atomic E-state index is 12.9. The largest absolute Gasteiger partial charge is 0.422 e. The van der Waals surface area contributed by atoms with Crippen LogP contribution in [0.5, 0.6) is 5.75 Å². The molecule has 1 aliphatic rings. The van der Waals surface area contributed by atoms with Crippen molar-refractivity contribution in [3.63, 3.8) is 0 Å². The molecule has 176 valence electrons. The monoisotopic (exact) mass is 572 g/mol. The molecule has 0 atom stereocenters. The second-order valence-electron chi connectivity index (χ2n) is 7.27. The first-order valence-corrected chi connectivity index (χ1v) is 12.0. The van der Waals surface area contributed by atoms with Crippen molar-refractivity contribution in [2.24, 2.45) is 0 Å². The van der Waals surface area contributed by atoms with Gasteiger partial charge in [0.1, 0.15) is 5.75 Å². The topological polar surface area (TPSA) is 107 Å². The molecule has 4 rings (SSSR count). The summed E-state index contributed by atoms with van der Waals surface area (Å²) in [5.74, 6) is -0.923. The average Bonchev–Trinajstić information content (AvgIpc) is 3.09. The first-order chi connectivity index (χ1) is 16.7. The van der Waals surface area contributed by atoms with Crippen LogP contribution in [0, 0.1) is 10.1 Å². The Kier molecular flexibility index (Phi) is 7.34. The van der Waals surface area contributed by atoms with E-state index in [1.54, 1.807) is 30.3 Å². The molecule has 1 saturated heterocycles. The Hall–Kier alpha value is -3.47. The van der Waals surface area contributed by atoms with Gasteiger partial charge in [-0.15, -0.1) is 0 Å². The number of esters is 1. The number of nitro groups is 1. The number of benzene rings is 3. The van der Waals surface area contributed by atoms with Crippen molar-refractivity contribution >= 4 is 68.2 Å². The third-order valence-electron chi connectivity index (χ3n) is 4.90. The minimum Gasteiger partial charge on any atom is -0.422 e. The van der Waals surface area contributed by atoms with Crippen molar-refractivity contribution in [2.45, 2.75) is 6.54 Å². The molecule has 0 aromatic heterocycles. The molecule has 0 spiro atoms. The fourth-order valence-electron chi connectivity index (χ4n) is 3.15. The summed E-state index contributed by atoms with van der Waals surface area (Å²) in [6.45, 7) is -0.0309. The predicted octanol–water partition coefficient (Wildman–Crippen LogP) is 6.47. The molecule has 1 fully saturated rings. The highest BCUT2D eigenvalue weighted by atomic mass is 79.9. The molecule has 0 saturated carbocycles. The first kappa shape index (κ1) is 24.6. The summed E-state index contributed by atoms with van der Waals surface area (Å²) in [4.78, 5) is 49.5. The fourth-order valence-corrected chi connectivity index (χ4v) is 4.49. The minimum atomic E-state index is -0.607. The Balaban J connectivity index is 1.56. The molecule has 0 aliphatic carbocycles. The van der Waals surface area contributed by atoms with Crippen LogP contribution in [-0.4, -0.2) is 26.9 Å². The van der Waals surface area contributed by atoms with E-state index in [0.29, 0.717) is 26.2 Å². The lowest BCUT2D eigenvalue weighted by Crippen LogP contribution is -2.27. The van der Waals surface area contributed by atoms with E-state index in [0.717, 1.165) is 16.7 Å². The Morgan fingerprint density at radius 2 is 1.77 bits per heavy atom. The van der Waals surface area contributed by atoms with Crippen molar-refractivity contribution in [3.8, 4) is 5.75 Å². The van der Waals surface area contributed by atoms with Gasteiger partial charge in [0.25, 0.3) is 16.8 Å². The van der Waals surface area contributed by atoms with Gasteiger partial charge in [0.2, 0.25) is 0 Å². The van der Waals surface area contributed by atoms with Crippen LogP contribution in [0.3, 0.4) is 0 Å². The van der Waals surface area contributed by atoms with Crippen LogP contribution in [0.4, 0.5) is 10.5 Å². The van der Waals surface area contributed by atoms with E-state index in [1.807, 2.05) is 0 Å². The molecular weight excluding hydrogens is 560 g/mol. The van der Waals surface area contributed by atoms with Crippen LogP contribution >= 0.6 is 39.3 Å². The van der Waals surface area contributed by atoms with Crippen LogP contribution in [0.1, 0.15) is 21.5 Å². The third-order valence-corrected chi connectivity index (χ3v) is 6.56. The number of nitro benzene ring substituents is 1. The maximum atomic E-state index is 12.9. The summed E-state index contributed by atoms with van der Waals surface area (Å²) >= 11 is 9.98. The van der Waals surface area contributed by atoms with Crippen LogP contribution in [-0.2, 0) is 11.3 Å². The molecule has 11 heteroatoms. The van der Waals surface area contributed by atoms with E-state index in [-0.39, 0.29) is 22.9 Å². The lowest BCUT2D eigenvalue weighted by atomic mass is 10.1. The zero-order chi connectivity index (χ0) is 25.1. The summed E-state index contributed by atoms with van der Waals surface area (Å²) in [5, 5.41) is 10.8. The van der Waals surface area contributed by atoms with Crippen LogP contribution in [0.15, 0.2) is 76.1 Å². The number of hydrogen-bond acceptors (Lipinski definition) is 7. The third kappa shape index (κ3) is 5.79. The molecule has 0 bridgehead atoms. The molecule has 0 N–H and O–H groups in total. The number of rotatable bonds is 6. The number of carbonyl (C=O) groups is 3. The normalized spacial score (nSPS) is 14.5. The van der Waals surface area contributed by atoms with Gasteiger partial charge in [0, 0.05) is 27.2 Å². The highest BCUT2D eigenvalue weighted by Crippen LogP contribution is 2.36. The number of nitrogens with zero attached hydrogens (tertiary/aromatic N) is 2. The number of amides is 2. The van der Waals surface area contributed by atoms with Gasteiger partial charge in [0.05, 0.1) is 21.9 Å². The van der Waals surface area contributed by atoms with E-state index < -0.39 is 22.0 Å². The molecule has 2 amide bonds.